The molecule has 0 aliphatic carbocycles. The second-order valence-corrected chi connectivity index (χ2v) is 5.08. The van der Waals surface area contributed by atoms with E-state index in [1.54, 1.807) is 6.07 Å². The molecule has 0 aromatic heterocycles. The lowest BCUT2D eigenvalue weighted by atomic mass is 10.1. The quantitative estimate of drug-likeness (QED) is 0.793. The lowest BCUT2D eigenvalue weighted by molar-refractivity contribution is 0.628. The van der Waals surface area contributed by atoms with Gasteiger partial charge < -0.3 is 10.6 Å². The zero-order chi connectivity index (χ0) is 14.5. The first-order valence-corrected chi connectivity index (χ1v) is 6.99. The summed E-state index contributed by atoms with van der Waals surface area (Å²) in [4.78, 5) is 0. The van der Waals surface area contributed by atoms with Crippen LogP contribution in [0.4, 0.5) is 15.8 Å². The predicted octanol–water partition coefficient (Wildman–Crippen LogP) is 4.85. The van der Waals surface area contributed by atoms with Gasteiger partial charge in [0.15, 0.2) is 5.11 Å². The SMILES string of the molecule is CCc1cccc(NC(=S)Nc2ccc(F)c(Cl)c2)c1. The fourth-order valence-electron chi connectivity index (χ4n) is 1.74. The molecule has 2 N–H and O–H groups in total. The third-order valence-corrected chi connectivity index (χ3v) is 3.26. The van der Waals surface area contributed by atoms with E-state index < -0.39 is 5.82 Å². The minimum atomic E-state index is -0.452. The molecule has 5 heteroatoms. The molecule has 20 heavy (non-hydrogen) atoms. The summed E-state index contributed by atoms with van der Waals surface area (Å²) in [6.07, 6.45) is 0.962. The number of anilines is 2. The van der Waals surface area contributed by atoms with Gasteiger partial charge in [-0.2, -0.15) is 0 Å². The standard InChI is InChI=1S/C15H14ClFN2S/c1-2-10-4-3-5-11(8-10)18-15(20)19-12-6-7-14(17)13(16)9-12/h3-9H,2H2,1H3,(H2,18,19,20). The third-order valence-electron chi connectivity index (χ3n) is 2.77. The fraction of sp³-hybridized carbons (Fsp3) is 0.133. The molecule has 2 aromatic rings. The van der Waals surface area contributed by atoms with Gasteiger partial charge in [0, 0.05) is 11.4 Å². The molecule has 0 atom stereocenters. The number of halogens is 2. The summed E-state index contributed by atoms with van der Waals surface area (Å²) in [7, 11) is 0. The van der Waals surface area contributed by atoms with Gasteiger partial charge in [-0.25, -0.2) is 4.39 Å². The molecule has 2 nitrogen and oxygen atoms in total. The average Bonchev–Trinajstić information content (AvgIpc) is 2.43. The second kappa shape index (κ2) is 6.68. The number of thiocarbonyl (C=S) groups is 1. The molecule has 0 amide bonds. The number of rotatable bonds is 3. The van der Waals surface area contributed by atoms with Crippen molar-refractivity contribution in [3.05, 3.63) is 58.9 Å². The molecule has 0 spiro atoms. The second-order valence-electron chi connectivity index (χ2n) is 4.26. The van der Waals surface area contributed by atoms with Crippen molar-refractivity contribution in [2.45, 2.75) is 13.3 Å². The molecule has 0 unspecified atom stereocenters. The van der Waals surface area contributed by atoms with Gasteiger partial charge >= 0.3 is 0 Å². The summed E-state index contributed by atoms with van der Waals surface area (Å²) in [6.45, 7) is 2.09. The van der Waals surface area contributed by atoms with Crippen LogP contribution in [0, 0.1) is 5.82 Å². The van der Waals surface area contributed by atoms with Crippen molar-refractivity contribution >= 4 is 40.3 Å². The molecular weight excluding hydrogens is 295 g/mol. The van der Waals surface area contributed by atoms with Crippen LogP contribution in [0.25, 0.3) is 0 Å². The van der Waals surface area contributed by atoms with E-state index in [-0.39, 0.29) is 5.02 Å². The number of benzene rings is 2. The zero-order valence-electron chi connectivity index (χ0n) is 10.9. The van der Waals surface area contributed by atoms with Crippen molar-refractivity contribution in [3.63, 3.8) is 0 Å². The Balaban J connectivity index is 2.03. The van der Waals surface area contributed by atoms with Crippen LogP contribution in [-0.4, -0.2) is 5.11 Å². The fourth-order valence-corrected chi connectivity index (χ4v) is 2.15. The largest absolute Gasteiger partial charge is 0.332 e. The Hall–Kier alpha value is -1.65. The minimum Gasteiger partial charge on any atom is -0.332 e. The summed E-state index contributed by atoms with van der Waals surface area (Å²) in [5.41, 5.74) is 2.78. The molecule has 0 aliphatic rings. The van der Waals surface area contributed by atoms with E-state index >= 15 is 0 Å². The smallest absolute Gasteiger partial charge is 0.175 e. The van der Waals surface area contributed by atoms with Gasteiger partial charge in [0.1, 0.15) is 5.82 Å². The van der Waals surface area contributed by atoms with E-state index in [0.29, 0.717) is 10.8 Å². The van der Waals surface area contributed by atoms with Crippen molar-refractivity contribution in [2.75, 3.05) is 10.6 Å². The monoisotopic (exact) mass is 308 g/mol. The van der Waals surface area contributed by atoms with Gasteiger partial charge in [0.2, 0.25) is 0 Å². The van der Waals surface area contributed by atoms with Crippen LogP contribution in [0.15, 0.2) is 42.5 Å². The molecule has 0 saturated heterocycles. The van der Waals surface area contributed by atoms with Crippen molar-refractivity contribution in [1.82, 2.24) is 0 Å². The van der Waals surface area contributed by atoms with Crippen LogP contribution in [0.2, 0.25) is 5.02 Å². The Bertz CT molecular complexity index is 631. The molecule has 0 radical (unpaired) electrons. The van der Waals surface area contributed by atoms with Crippen molar-refractivity contribution in [1.29, 1.82) is 0 Å². The van der Waals surface area contributed by atoms with Crippen LogP contribution in [0.3, 0.4) is 0 Å². The zero-order valence-corrected chi connectivity index (χ0v) is 12.5. The number of nitrogens with one attached hydrogen (secondary N) is 2. The molecule has 0 heterocycles. The lowest BCUT2D eigenvalue weighted by Gasteiger charge is -2.11. The minimum absolute atomic E-state index is 0.0609. The number of hydrogen-bond donors (Lipinski definition) is 2. The highest BCUT2D eigenvalue weighted by Gasteiger charge is 2.03. The van der Waals surface area contributed by atoms with Crippen LogP contribution in [0.1, 0.15) is 12.5 Å². The highest BCUT2D eigenvalue weighted by molar-refractivity contribution is 7.80. The topological polar surface area (TPSA) is 24.1 Å². The highest BCUT2D eigenvalue weighted by Crippen LogP contribution is 2.19. The Morgan fingerprint density at radius 1 is 1.15 bits per heavy atom. The Labute approximate surface area is 128 Å². The van der Waals surface area contributed by atoms with Crippen LogP contribution >= 0.6 is 23.8 Å². The van der Waals surface area contributed by atoms with Crippen LogP contribution < -0.4 is 10.6 Å². The first kappa shape index (κ1) is 14.8. The van der Waals surface area contributed by atoms with Gasteiger partial charge in [-0.1, -0.05) is 30.7 Å². The normalized spacial score (nSPS) is 10.2. The molecule has 0 saturated carbocycles. The lowest BCUT2D eigenvalue weighted by Crippen LogP contribution is -2.19. The summed E-state index contributed by atoms with van der Waals surface area (Å²) < 4.78 is 13.1. The summed E-state index contributed by atoms with van der Waals surface area (Å²) in [5.74, 6) is -0.452. The van der Waals surface area contributed by atoms with Crippen molar-refractivity contribution in [2.24, 2.45) is 0 Å². The van der Waals surface area contributed by atoms with Crippen molar-refractivity contribution < 1.29 is 4.39 Å². The van der Waals surface area contributed by atoms with Gasteiger partial charge in [0.05, 0.1) is 5.02 Å². The molecule has 0 aliphatic heterocycles. The average molecular weight is 309 g/mol. The van der Waals surface area contributed by atoms with Crippen LogP contribution in [0.5, 0.6) is 0 Å². The Morgan fingerprint density at radius 2 is 1.85 bits per heavy atom. The van der Waals surface area contributed by atoms with E-state index in [1.165, 1.54) is 17.7 Å². The molecule has 104 valence electrons. The summed E-state index contributed by atoms with van der Waals surface area (Å²) in [5, 5.41) is 6.54. The van der Waals surface area contributed by atoms with E-state index in [2.05, 4.69) is 23.6 Å². The maximum absolute atomic E-state index is 13.1. The van der Waals surface area contributed by atoms with E-state index in [0.717, 1.165) is 12.1 Å². The molecule has 0 bridgehead atoms. The molecule has 2 rings (SSSR count). The third kappa shape index (κ3) is 3.92. The molecule has 0 fully saturated rings. The van der Waals surface area contributed by atoms with Crippen LogP contribution in [-0.2, 0) is 6.42 Å². The van der Waals surface area contributed by atoms with Gasteiger partial charge in [-0.05, 0) is 54.5 Å². The first-order valence-electron chi connectivity index (χ1n) is 6.20. The van der Waals surface area contributed by atoms with Crippen molar-refractivity contribution in [3.8, 4) is 0 Å². The number of aryl methyl sites for hydroxylation is 1. The van der Waals surface area contributed by atoms with Gasteiger partial charge in [-0.15, -0.1) is 0 Å². The highest BCUT2D eigenvalue weighted by atomic mass is 35.5. The summed E-state index contributed by atoms with van der Waals surface area (Å²) >= 11 is 10.9. The Morgan fingerprint density at radius 3 is 2.50 bits per heavy atom. The van der Waals surface area contributed by atoms with E-state index in [9.17, 15) is 4.39 Å². The number of hydrogen-bond acceptors (Lipinski definition) is 1. The molecule has 2 aromatic carbocycles. The Kier molecular flexibility index (Phi) is 4.93. The predicted molar refractivity (Wildman–Crippen MR) is 87.1 cm³/mol. The first-order chi connectivity index (χ1) is 9.58. The van der Waals surface area contributed by atoms with Gasteiger partial charge in [-0.3, -0.25) is 0 Å². The van der Waals surface area contributed by atoms with Gasteiger partial charge in [0.25, 0.3) is 0 Å². The van der Waals surface area contributed by atoms with E-state index in [4.69, 9.17) is 23.8 Å². The van der Waals surface area contributed by atoms with E-state index in [1.807, 2.05) is 18.2 Å². The maximum Gasteiger partial charge on any atom is 0.175 e. The molecular formula is C15H14ClFN2S. The summed E-state index contributed by atoms with van der Waals surface area (Å²) in [6, 6.07) is 12.4. The maximum atomic E-state index is 13.1.